The molecule has 0 bridgehead atoms. The van der Waals surface area contributed by atoms with E-state index in [1.54, 1.807) is 30.5 Å². The Morgan fingerprint density at radius 3 is 2.63 bits per heavy atom. The number of pyridine rings is 1. The van der Waals surface area contributed by atoms with Crippen molar-refractivity contribution in [3.63, 3.8) is 0 Å². The number of aromatic nitrogens is 1. The summed E-state index contributed by atoms with van der Waals surface area (Å²) in [5.41, 5.74) is -0.000432. The van der Waals surface area contributed by atoms with Crippen LogP contribution in [0.15, 0.2) is 65.8 Å². The van der Waals surface area contributed by atoms with E-state index in [1.807, 2.05) is 0 Å². The summed E-state index contributed by atoms with van der Waals surface area (Å²) in [6.45, 7) is -0.446. The average molecular weight is 410 g/mol. The molecule has 1 aromatic heterocycles. The number of nitrogens with one attached hydrogen (secondary N) is 1. The Morgan fingerprint density at radius 1 is 1.15 bits per heavy atom. The molecule has 0 radical (unpaired) electrons. The van der Waals surface area contributed by atoms with Gasteiger partial charge in [-0.2, -0.15) is 4.31 Å². The van der Waals surface area contributed by atoms with Gasteiger partial charge < -0.3 is 5.32 Å². The van der Waals surface area contributed by atoms with Gasteiger partial charge in [-0.1, -0.05) is 24.3 Å². The van der Waals surface area contributed by atoms with Crippen LogP contribution in [0.2, 0.25) is 0 Å². The Bertz CT molecular complexity index is 1070. The topological polar surface area (TPSA) is 79.4 Å². The van der Waals surface area contributed by atoms with Crippen LogP contribution >= 0.6 is 12.4 Å². The molecular formula is C18H17ClFN3O3S. The lowest BCUT2D eigenvalue weighted by Crippen LogP contribution is -2.35. The highest BCUT2D eigenvalue weighted by atomic mass is 35.5. The van der Waals surface area contributed by atoms with Crippen LogP contribution in [-0.2, 0) is 14.8 Å². The third kappa shape index (κ3) is 4.41. The molecular weight excluding hydrogens is 393 g/mol. The molecule has 0 saturated carbocycles. The minimum absolute atomic E-state index is 0. The standard InChI is InChI=1S/C18H16FN3O3S.ClH/c1-22(12-18(23)21-16-7-3-2-6-15(16)19)26(24,25)17-8-4-5-13-11-20-10-9-14(13)17;/h2-11H,12H2,1H3,(H,21,23);1H. The zero-order valence-corrected chi connectivity index (χ0v) is 15.9. The summed E-state index contributed by atoms with van der Waals surface area (Å²) >= 11 is 0. The number of carbonyl (C=O) groups excluding carboxylic acids is 1. The number of hydrogen-bond acceptors (Lipinski definition) is 4. The van der Waals surface area contributed by atoms with E-state index in [-0.39, 0.29) is 23.0 Å². The van der Waals surface area contributed by atoms with E-state index in [2.05, 4.69) is 10.3 Å². The second-order valence-electron chi connectivity index (χ2n) is 5.64. The first-order valence-electron chi connectivity index (χ1n) is 7.73. The van der Waals surface area contributed by atoms with Crippen molar-refractivity contribution in [1.82, 2.24) is 9.29 Å². The SMILES string of the molecule is CN(CC(=O)Nc1ccccc1F)S(=O)(=O)c1cccc2cnccc12.Cl. The highest BCUT2D eigenvalue weighted by Gasteiger charge is 2.25. The summed E-state index contributed by atoms with van der Waals surface area (Å²) in [5, 5.41) is 3.57. The molecule has 0 unspecified atom stereocenters. The lowest BCUT2D eigenvalue weighted by molar-refractivity contribution is -0.116. The third-order valence-electron chi connectivity index (χ3n) is 3.84. The number of hydrogen-bond donors (Lipinski definition) is 1. The van der Waals surface area contributed by atoms with Crippen molar-refractivity contribution in [2.24, 2.45) is 0 Å². The van der Waals surface area contributed by atoms with Gasteiger partial charge in [0.25, 0.3) is 0 Å². The summed E-state index contributed by atoms with van der Waals surface area (Å²) in [6, 6.07) is 12.1. The molecule has 6 nitrogen and oxygen atoms in total. The van der Waals surface area contributed by atoms with E-state index in [0.29, 0.717) is 10.8 Å². The second-order valence-corrected chi connectivity index (χ2v) is 7.66. The maximum absolute atomic E-state index is 13.6. The summed E-state index contributed by atoms with van der Waals surface area (Å²) in [6.07, 6.45) is 3.07. The fourth-order valence-corrected chi connectivity index (χ4v) is 3.86. The van der Waals surface area contributed by atoms with Crippen LogP contribution in [0.4, 0.5) is 10.1 Å². The molecule has 27 heavy (non-hydrogen) atoms. The zero-order chi connectivity index (χ0) is 18.7. The molecule has 0 atom stereocenters. The third-order valence-corrected chi connectivity index (χ3v) is 5.70. The van der Waals surface area contributed by atoms with Crippen LogP contribution in [0.5, 0.6) is 0 Å². The van der Waals surface area contributed by atoms with Gasteiger partial charge in [-0.15, -0.1) is 12.4 Å². The van der Waals surface area contributed by atoms with E-state index in [1.165, 1.54) is 37.5 Å². The molecule has 0 fully saturated rings. The van der Waals surface area contributed by atoms with Gasteiger partial charge in [0.1, 0.15) is 5.82 Å². The average Bonchev–Trinajstić information content (AvgIpc) is 2.63. The highest BCUT2D eigenvalue weighted by Crippen LogP contribution is 2.24. The van der Waals surface area contributed by atoms with E-state index in [0.717, 1.165) is 4.31 Å². The summed E-state index contributed by atoms with van der Waals surface area (Å²) in [5.74, 6) is -1.23. The van der Waals surface area contributed by atoms with Crippen LogP contribution in [0.3, 0.4) is 0 Å². The fourth-order valence-electron chi connectivity index (χ4n) is 2.53. The molecule has 2 aromatic carbocycles. The largest absolute Gasteiger partial charge is 0.322 e. The van der Waals surface area contributed by atoms with Crippen LogP contribution in [-0.4, -0.2) is 37.2 Å². The van der Waals surface area contributed by atoms with Crippen LogP contribution in [0.1, 0.15) is 0 Å². The molecule has 1 N–H and O–H groups in total. The smallest absolute Gasteiger partial charge is 0.243 e. The molecule has 1 heterocycles. The van der Waals surface area contributed by atoms with Crippen molar-refractivity contribution in [3.05, 3.63) is 66.7 Å². The van der Waals surface area contributed by atoms with Crippen molar-refractivity contribution in [2.45, 2.75) is 4.90 Å². The molecule has 3 rings (SSSR count). The molecule has 9 heteroatoms. The first kappa shape index (κ1) is 20.8. The van der Waals surface area contributed by atoms with Crippen molar-refractivity contribution in [3.8, 4) is 0 Å². The quantitative estimate of drug-likeness (QED) is 0.702. The van der Waals surface area contributed by atoms with E-state index < -0.39 is 28.3 Å². The van der Waals surface area contributed by atoms with Gasteiger partial charge >= 0.3 is 0 Å². The number of para-hydroxylation sites is 1. The Kier molecular flexibility index (Phi) is 6.48. The number of anilines is 1. The van der Waals surface area contributed by atoms with E-state index in [4.69, 9.17) is 0 Å². The number of halogens is 2. The first-order chi connectivity index (χ1) is 12.4. The monoisotopic (exact) mass is 409 g/mol. The Morgan fingerprint density at radius 2 is 1.89 bits per heavy atom. The Labute approximate surface area is 162 Å². The number of benzene rings is 2. The molecule has 0 aliphatic heterocycles. The van der Waals surface area contributed by atoms with Crippen LogP contribution < -0.4 is 5.32 Å². The number of likely N-dealkylation sites (N-methyl/N-ethyl adjacent to an activating group) is 1. The lowest BCUT2D eigenvalue weighted by Gasteiger charge is -2.18. The van der Waals surface area contributed by atoms with Crippen LogP contribution in [0, 0.1) is 5.82 Å². The number of fused-ring (bicyclic) bond motifs is 1. The minimum Gasteiger partial charge on any atom is -0.322 e. The predicted octanol–water partition coefficient (Wildman–Crippen LogP) is 3.05. The summed E-state index contributed by atoms with van der Waals surface area (Å²) < 4.78 is 40.2. The maximum Gasteiger partial charge on any atom is 0.243 e. The number of sulfonamides is 1. The predicted molar refractivity (Wildman–Crippen MR) is 104 cm³/mol. The van der Waals surface area contributed by atoms with Crippen molar-refractivity contribution >= 4 is 44.8 Å². The number of rotatable bonds is 5. The van der Waals surface area contributed by atoms with Crippen molar-refractivity contribution < 1.29 is 17.6 Å². The molecule has 0 aliphatic rings. The fraction of sp³-hybridized carbons (Fsp3) is 0.111. The minimum atomic E-state index is -3.91. The molecule has 3 aromatic rings. The van der Waals surface area contributed by atoms with Crippen molar-refractivity contribution in [2.75, 3.05) is 18.9 Å². The highest BCUT2D eigenvalue weighted by molar-refractivity contribution is 7.89. The van der Waals surface area contributed by atoms with Crippen molar-refractivity contribution in [1.29, 1.82) is 0 Å². The Hall–Kier alpha value is -2.55. The van der Waals surface area contributed by atoms with E-state index >= 15 is 0 Å². The normalized spacial score (nSPS) is 11.2. The first-order valence-corrected chi connectivity index (χ1v) is 9.17. The van der Waals surface area contributed by atoms with Gasteiger partial charge in [-0.25, -0.2) is 12.8 Å². The number of carbonyl (C=O) groups is 1. The molecule has 0 spiro atoms. The number of amides is 1. The summed E-state index contributed by atoms with van der Waals surface area (Å²) in [7, 11) is -2.61. The molecule has 0 aliphatic carbocycles. The van der Waals surface area contributed by atoms with Gasteiger partial charge in [0.05, 0.1) is 17.1 Å². The maximum atomic E-state index is 13.6. The number of nitrogens with zero attached hydrogens (tertiary/aromatic N) is 2. The zero-order valence-electron chi connectivity index (χ0n) is 14.3. The van der Waals surface area contributed by atoms with Gasteiger partial charge in [-0.3, -0.25) is 9.78 Å². The van der Waals surface area contributed by atoms with E-state index in [9.17, 15) is 17.6 Å². The summed E-state index contributed by atoms with van der Waals surface area (Å²) in [4.78, 5) is 16.2. The second kappa shape index (κ2) is 8.43. The van der Waals surface area contributed by atoms with Gasteiger partial charge in [0.2, 0.25) is 15.9 Å². The molecule has 142 valence electrons. The van der Waals surface area contributed by atoms with Gasteiger partial charge in [-0.05, 0) is 24.3 Å². The van der Waals surface area contributed by atoms with Crippen LogP contribution in [0.25, 0.3) is 10.8 Å². The molecule has 0 saturated heterocycles. The Balaban J connectivity index is 0.00000261. The van der Waals surface area contributed by atoms with Gasteiger partial charge in [0, 0.05) is 30.2 Å². The van der Waals surface area contributed by atoms with Gasteiger partial charge in [0.15, 0.2) is 0 Å². The lowest BCUT2D eigenvalue weighted by atomic mass is 10.2. The molecule has 1 amide bonds.